The van der Waals surface area contributed by atoms with Gasteiger partial charge < -0.3 is 9.73 Å². The molecule has 1 saturated carbocycles. The third kappa shape index (κ3) is 2.88. The van der Waals surface area contributed by atoms with Crippen molar-refractivity contribution in [2.75, 3.05) is 0 Å². The molecule has 1 aliphatic carbocycles. The quantitative estimate of drug-likeness (QED) is 0.918. The van der Waals surface area contributed by atoms with E-state index in [0.717, 1.165) is 18.7 Å². The first-order chi connectivity index (χ1) is 10.5. The highest BCUT2D eigenvalue weighted by Gasteiger charge is 2.28. The Morgan fingerprint density at radius 3 is 2.91 bits per heavy atom. The Balaban J connectivity index is 1.71. The fraction of sp³-hybridized carbons (Fsp3) is 0.533. The minimum Gasteiger partial charge on any atom is -0.444 e. The summed E-state index contributed by atoms with van der Waals surface area (Å²) < 4.78 is 7.15. The molecule has 1 fully saturated rings. The second-order valence-electron chi connectivity index (χ2n) is 5.95. The number of nitrogens with zero attached hydrogens (tertiary/aromatic N) is 3. The van der Waals surface area contributed by atoms with E-state index < -0.39 is 0 Å². The number of halogens is 1. The molecule has 0 unspecified atom stereocenters. The summed E-state index contributed by atoms with van der Waals surface area (Å²) in [7, 11) is 1.73. The third-order valence-electron chi connectivity index (χ3n) is 3.70. The summed E-state index contributed by atoms with van der Waals surface area (Å²) in [4.78, 5) is 16.7. The number of nitrogens with one attached hydrogen (secondary N) is 1. The predicted octanol–water partition coefficient (Wildman–Crippen LogP) is 2.99. The van der Waals surface area contributed by atoms with E-state index in [-0.39, 0.29) is 11.8 Å². The zero-order valence-corrected chi connectivity index (χ0v) is 13.6. The molecule has 2 heterocycles. The topological polar surface area (TPSA) is 73.0 Å². The number of carbonyl (C=O) groups is 1. The average Bonchev–Trinajstić information content (AvgIpc) is 3.14. The molecule has 0 aliphatic heterocycles. The normalized spacial score (nSPS) is 14.6. The Morgan fingerprint density at radius 2 is 2.27 bits per heavy atom. The molecule has 0 aromatic carbocycles. The zero-order valence-electron chi connectivity index (χ0n) is 12.9. The number of rotatable bonds is 5. The first kappa shape index (κ1) is 15.1. The molecule has 7 heteroatoms. The molecule has 6 nitrogen and oxygen atoms in total. The van der Waals surface area contributed by atoms with Crippen molar-refractivity contribution in [3.05, 3.63) is 34.3 Å². The molecule has 1 aliphatic rings. The van der Waals surface area contributed by atoms with E-state index in [1.54, 1.807) is 13.2 Å². The van der Waals surface area contributed by atoms with Crippen LogP contribution in [0.1, 0.15) is 66.2 Å². The van der Waals surface area contributed by atoms with Gasteiger partial charge in [0.25, 0.3) is 5.91 Å². The summed E-state index contributed by atoms with van der Waals surface area (Å²) in [6, 6.07) is 0. The molecule has 0 radical (unpaired) electrons. The van der Waals surface area contributed by atoms with Crippen LogP contribution in [0.2, 0.25) is 5.15 Å². The van der Waals surface area contributed by atoms with Crippen LogP contribution in [0.5, 0.6) is 0 Å². The summed E-state index contributed by atoms with van der Waals surface area (Å²) in [5.74, 6) is 1.76. The fourth-order valence-electron chi connectivity index (χ4n) is 2.32. The van der Waals surface area contributed by atoms with Crippen LogP contribution in [0.4, 0.5) is 0 Å². The van der Waals surface area contributed by atoms with Gasteiger partial charge >= 0.3 is 0 Å². The summed E-state index contributed by atoms with van der Waals surface area (Å²) in [5, 5.41) is 7.48. The van der Waals surface area contributed by atoms with Gasteiger partial charge in [-0.25, -0.2) is 4.98 Å². The molecule has 1 amide bonds. The van der Waals surface area contributed by atoms with Crippen LogP contribution >= 0.6 is 11.6 Å². The fourth-order valence-corrected chi connectivity index (χ4v) is 2.54. The number of oxazole rings is 1. The van der Waals surface area contributed by atoms with Crippen molar-refractivity contribution in [3.63, 3.8) is 0 Å². The highest BCUT2D eigenvalue weighted by atomic mass is 35.5. The highest BCUT2D eigenvalue weighted by molar-refractivity contribution is 6.33. The molecular weight excluding hydrogens is 304 g/mol. The second kappa shape index (κ2) is 5.76. The second-order valence-corrected chi connectivity index (χ2v) is 6.31. The van der Waals surface area contributed by atoms with Crippen molar-refractivity contribution < 1.29 is 9.21 Å². The van der Waals surface area contributed by atoms with Crippen molar-refractivity contribution in [3.8, 4) is 0 Å². The molecule has 118 valence electrons. The van der Waals surface area contributed by atoms with Gasteiger partial charge in [-0.1, -0.05) is 25.4 Å². The molecular formula is C15H19ClN4O2. The van der Waals surface area contributed by atoms with E-state index in [1.165, 1.54) is 4.68 Å². The third-order valence-corrected chi connectivity index (χ3v) is 4.13. The molecule has 0 spiro atoms. The molecule has 0 saturated heterocycles. The van der Waals surface area contributed by atoms with Gasteiger partial charge in [0.05, 0.1) is 24.0 Å². The zero-order chi connectivity index (χ0) is 15.9. The molecule has 0 atom stereocenters. The summed E-state index contributed by atoms with van der Waals surface area (Å²) in [5.41, 5.74) is 1.13. The van der Waals surface area contributed by atoms with E-state index >= 15 is 0 Å². The number of amides is 1. The van der Waals surface area contributed by atoms with Gasteiger partial charge in [0, 0.05) is 13.0 Å². The standard InChI is InChI=1S/C15H19ClN4O2/c1-8(2)12-11(13(16)20(3)19-12)14(21)17-6-10-7-18-15(22-10)9-4-5-9/h7-9H,4-6H2,1-3H3,(H,17,21). The van der Waals surface area contributed by atoms with Crippen LogP contribution in [0.3, 0.4) is 0 Å². The monoisotopic (exact) mass is 322 g/mol. The van der Waals surface area contributed by atoms with Gasteiger partial charge in [0.15, 0.2) is 5.89 Å². The minimum atomic E-state index is -0.244. The van der Waals surface area contributed by atoms with Crippen molar-refractivity contribution in [1.29, 1.82) is 0 Å². The van der Waals surface area contributed by atoms with E-state index in [0.29, 0.717) is 34.6 Å². The van der Waals surface area contributed by atoms with Crippen LogP contribution in [0.15, 0.2) is 10.6 Å². The van der Waals surface area contributed by atoms with E-state index in [4.69, 9.17) is 16.0 Å². The van der Waals surface area contributed by atoms with Crippen molar-refractivity contribution in [1.82, 2.24) is 20.1 Å². The first-order valence-corrected chi connectivity index (χ1v) is 7.80. The maximum absolute atomic E-state index is 12.4. The van der Waals surface area contributed by atoms with Crippen LogP contribution in [-0.2, 0) is 13.6 Å². The van der Waals surface area contributed by atoms with Crippen molar-refractivity contribution in [2.45, 2.75) is 45.1 Å². The minimum absolute atomic E-state index is 0.117. The highest BCUT2D eigenvalue weighted by Crippen LogP contribution is 2.39. The lowest BCUT2D eigenvalue weighted by molar-refractivity contribution is 0.0946. The Labute approximate surface area is 133 Å². The van der Waals surface area contributed by atoms with Crippen LogP contribution < -0.4 is 5.32 Å². The van der Waals surface area contributed by atoms with Gasteiger partial charge in [-0.2, -0.15) is 5.10 Å². The molecule has 0 bridgehead atoms. The summed E-state index contributed by atoms with van der Waals surface area (Å²) in [6.07, 6.45) is 3.94. The maximum Gasteiger partial charge on any atom is 0.256 e. The number of hydrogen-bond donors (Lipinski definition) is 1. The molecule has 2 aromatic rings. The summed E-state index contributed by atoms with van der Waals surface area (Å²) >= 11 is 6.19. The van der Waals surface area contributed by atoms with Gasteiger partial charge in [-0.05, 0) is 18.8 Å². The van der Waals surface area contributed by atoms with Gasteiger partial charge in [0.1, 0.15) is 10.9 Å². The molecule has 2 aromatic heterocycles. The van der Waals surface area contributed by atoms with E-state index in [9.17, 15) is 4.79 Å². The lowest BCUT2D eigenvalue weighted by Gasteiger charge is -2.06. The Hall–Kier alpha value is -1.82. The number of aromatic nitrogens is 3. The number of hydrogen-bond acceptors (Lipinski definition) is 4. The number of aryl methyl sites for hydroxylation is 1. The Kier molecular flexibility index (Phi) is 3.95. The maximum atomic E-state index is 12.4. The van der Waals surface area contributed by atoms with Crippen LogP contribution in [0, 0.1) is 0 Å². The van der Waals surface area contributed by atoms with Gasteiger partial charge in [-0.3, -0.25) is 9.48 Å². The van der Waals surface area contributed by atoms with Crippen LogP contribution in [0.25, 0.3) is 0 Å². The Bertz CT molecular complexity index is 700. The lowest BCUT2D eigenvalue weighted by atomic mass is 10.1. The lowest BCUT2D eigenvalue weighted by Crippen LogP contribution is -2.24. The predicted molar refractivity (Wildman–Crippen MR) is 82.0 cm³/mol. The summed E-state index contributed by atoms with van der Waals surface area (Å²) in [6.45, 7) is 4.25. The van der Waals surface area contributed by atoms with Gasteiger partial charge in [0.2, 0.25) is 0 Å². The first-order valence-electron chi connectivity index (χ1n) is 7.42. The van der Waals surface area contributed by atoms with Gasteiger partial charge in [-0.15, -0.1) is 0 Å². The van der Waals surface area contributed by atoms with E-state index in [2.05, 4.69) is 15.4 Å². The number of carbonyl (C=O) groups excluding carboxylic acids is 1. The smallest absolute Gasteiger partial charge is 0.256 e. The molecule has 1 N–H and O–H groups in total. The van der Waals surface area contributed by atoms with Crippen LogP contribution in [-0.4, -0.2) is 20.7 Å². The SMILES string of the molecule is CC(C)c1nn(C)c(Cl)c1C(=O)NCc1cnc(C2CC2)o1. The van der Waals surface area contributed by atoms with Crippen molar-refractivity contribution in [2.24, 2.45) is 7.05 Å². The largest absolute Gasteiger partial charge is 0.444 e. The Morgan fingerprint density at radius 1 is 1.55 bits per heavy atom. The average molecular weight is 323 g/mol. The molecule has 22 heavy (non-hydrogen) atoms. The van der Waals surface area contributed by atoms with E-state index in [1.807, 2.05) is 13.8 Å². The van der Waals surface area contributed by atoms with Crippen molar-refractivity contribution >= 4 is 17.5 Å². The molecule has 3 rings (SSSR count).